The van der Waals surface area contributed by atoms with E-state index in [0.29, 0.717) is 12.3 Å². The van der Waals surface area contributed by atoms with Crippen LogP contribution in [0.15, 0.2) is 23.1 Å². The first-order chi connectivity index (χ1) is 10.5. The molecule has 0 spiro atoms. The number of aryl methyl sites for hydroxylation is 2. The molecule has 1 aromatic carbocycles. The normalized spacial score (nSPS) is 14.0. The molecule has 22 heavy (non-hydrogen) atoms. The second-order valence-electron chi connectivity index (χ2n) is 6.85. The molecule has 4 heteroatoms. The Kier molecular flexibility index (Phi) is 6.33. The van der Waals surface area contributed by atoms with Crippen LogP contribution in [0.5, 0.6) is 0 Å². The van der Waals surface area contributed by atoms with Crippen molar-refractivity contribution in [1.29, 1.82) is 0 Å². The monoisotopic (exact) mass is 321 g/mol. The van der Waals surface area contributed by atoms with E-state index in [0.717, 1.165) is 12.8 Å². The number of hydrogen-bond donors (Lipinski definition) is 2. The number of nitrogens with one attached hydrogen (secondary N) is 1. The summed E-state index contributed by atoms with van der Waals surface area (Å²) < 4.78 is 0. The lowest BCUT2D eigenvalue weighted by Gasteiger charge is -2.21. The minimum Gasteiger partial charge on any atom is -0.396 e. The van der Waals surface area contributed by atoms with Crippen LogP contribution >= 0.6 is 11.8 Å². The number of thioether (sulfide) groups is 1. The van der Waals surface area contributed by atoms with Crippen LogP contribution in [-0.2, 0) is 17.6 Å². The first kappa shape index (κ1) is 17.4. The lowest BCUT2D eigenvalue weighted by Crippen LogP contribution is -2.27. The van der Waals surface area contributed by atoms with Gasteiger partial charge in [-0.05, 0) is 60.8 Å². The summed E-state index contributed by atoms with van der Waals surface area (Å²) in [5.74, 6) is 0.564. The number of benzene rings is 1. The Morgan fingerprint density at radius 1 is 1.32 bits per heavy atom. The fraction of sp³-hybridized carbons (Fsp3) is 0.611. The van der Waals surface area contributed by atoms with Crippen LogP contribution in [0.25, 0.3) is 0 Å². The fourth-order valence-corrected chi connectivity index (χ4v) is 3.50. The highest BCUT2D eigenvalue weighted by atomic mass is 32.2. The van der Waals surface area contributed by atoms with Gasteiger partial charge >= 0.3 is 0 Å². The van der Waals surface area contributed by atoms with Gasteiger partial charge < -0.3 is 10.4 Å². The predicted octanol–water partition coefficient (Wildman–Crippen LogP) is 3.18. The molecule has 0 radical (unpaired) electrons. The van der Waals surface area contributed by atoms with Gasteiger partial charge in [0.05, 0.1) is 5.75 Å². The molecule has 1 amide bonds. The topological polar surface area (TPSA) is 49.3 Å². The van der Waals surface area contributed by atoms with E-state index < -0.39 is 0 Å². The van der Waals surface area contributed by atoms with E-state index in [1.165, 1.54) is 35.3 Å². The Balaban J connectivity index is 1.65. The Morgan fingerprint density at radius 3 is 2.86 bits per heavy atom. The van der Waals surface area contributed by atoms with Crippen LogP contribution in [-0.4, -0.2) is 29.9 Å². The second kappa shape index (κ2) is 8.02. The Labute approximate surface area is 137 Å². The van der Waals surface area contributed by atoms with Crippen LogP contribution < -0.4 is 5.32 Å². The summed E-state index contributed by atoms with van der Waals surface area (Å²) in [5.41, 5.74) is 2.88. The molecule has 0 fully saturated rings. The minimum atomic E-state index is -0.0517. The minimum absolute atomic E-state index is 0.0517. The number of aliphatic hydroxyl groups is 1. The first-order valence-electron chi connectivity index (χ1n) is 8.12. The molecule has 1 aliphatic carbocycles. The molecule has 3 nitrogen and oxygen atoms in total. The summed E-state index contributed by atoms with van der Waals surface area (Å²) in [4.78, 5) is 13.1. The van der Waals surface area contributed by atoms with E-state index >= 15 is 0 Å². The van der Waals surface area contributed by atoms with Crippen molar-refractivity contribution in [3.63, 3.8) is 0 Å². The van der Waals surface area contributed by atoms with E-state index in [1.807, 2.05) is 13.8 Å². The number of amides is 1. The number of carbonyl (C=O) groups excluding carboxylic acids is 1. The zero-order valence-corrected chi connectivity index (χ0v) is 14.5. The average molecular weight is 321 g/mol. The van der Waals surface area contributed by atoms with Gasteiger partial charge in [-0.2, -0.15) is 0 Å². The lowest BCUT2D eigenvalue weighted by molar-refractivity contribution is -0.118. The van der Waals surface area contributed by atoms with Gasteiger partial charge in [-0.15, -0.1) is 11.8 Å². The lowest BCUT2D eigenvalue weighted by atomic mass is 9.89. The van der Waals surface area contributed by atoms with Crippen LogP contribution in [0, 0.1) is 5.41 Å². The Hall–Kier alpha value is -1.00. The Bertz CT molecular complexity index is 514. The summed E-state index contributed by atoms with van der Waals surface area (Å²) in [7, 11) is 0. The summed E-state index contributed by atoms with van der Waals surface area (Å²) in [6, 6.07) is 6.58. The van der Waals surface area contributed by atoms with Crippen molar-refractivity contribution in [2.45, 2.75) is 50.8 Å². The maximum atomic E-state index is 11.9. The molecular formula is C18H27NO2S. The third-order valence-electron chi connectivity index (χ3n) is 4.22. The number of carbonyl (C=O) groups is 1. The first-order valence-corrected chi connectivity index (χ1v) is 9.11. The van der Waals surface area contributed by atoms with Crippen molar-refractivity contribution in [3.05, 3.63) is 29.3 Å². The SMILES string of the molecule is CC(C)(CO)CCCNC(=O)CSc1ccc2c(c1)CCC2. The number of rotatable bonds is 8. The van der Waals surface area contributed by atoms with Crippen molar-refractivity contribution >= 4 is 17.7 Å². The van der Waals surface area contributed by atoms with Crippen molar-refractivity contribution in [1.82, 2.24) is 5.32 Å². The molecule has 0 heterocycles. The molecule has 0 aromatic heterocycles. The van der Waals surface area contributed by atoms with Crippen LogP contribution in [0.2, 0.25) is 0 Å². The van der Waals surface area contributed by atoms with Crippen molar-refractivity contribution in [3.8, 4) is 0 Å². The van der Waals surface area contributed by atoms with Gasteiger partial charge in [-0.1, -0.05) is 19.9 Å². The fourth-order valence-electron chi connectivity index (χ4n) is 2.71. The summed E-state index contributed by atoms with van der Waals surface area (Å²) in [5, 5.41) is 12.1. The molecule has 1 aliphatic rings. The van der Waals surface area contributed by atoms with Gasteiger partial charge in [0, 0.05) is 18.0 Å². The molecule has 1 aromatic rings. The molecule has 0 bridgehead atoms. The van der Waals surface area contributed by atoms with E-state index in [2.05, 4.69) is 23.5 Å². The van der Waals surface area contributed by atoms with Crippen LogP contribution in [0.4, 0.5) is 0 Å². The molecule has 0 saturated heterocycles. The standard InChI is InChI=1S/C18H27NO2S/c1-18(2,13-20)9-4-10-19-17(21)12-22-16-8-7-14-5-3-6-15(14)11-16/h7-8,11,20H,3-6,9-10,12-13H2,1-2H3,(H,19,21). The Morgan fingerprint density at radius 2 is 2.09 bits per heavy atom. The number of aliphatic hydroxyl groups excluding tert-OH is 1. The molecule has 0 atom stereocenters. The molecule has 122 valence electrons. The molecule has 2 N–H and O–H groups in total. The van der Waals surface area contributed by atoms with Crippen LogP contribution in [0.3, 0.4) is 0 Å². The zero-order valence-electron chi connectivity index (χ0n) is 13.7. The van der Waals surface area contributed by atoms with E-state index in [1.54, 1.807) is 11.8 Å². The van der Waals surface area contributed by atoms with E-state index in [9.17, 15) is 9.90 Å². The van der Waals surface area contributed by atoms with E-state index in [4.69, 9.17) is 0 Å². The van der Waals surface area contributed by atoms with E-state index in [-0.39, 0.29) is 17.9 Å². The van der Waals surface area contributed by atoms with Gasteiger partial charge in [0.1, 0.15) is 0 Å². The highest BCUT2D eigenvalue weighted by Gasteiger charge is 2.15. The quantitative estimate of drug-likeness (QED) is 0.571. The van der Waals surface area contributed by atoms with Crippen LogP contribution in [0.1, 0.15) is 44.2 Å². The predicted molar refractivity (Wildman–Crippen MR) is 92.3 cm³/mol. The molecule has 0 unspecified atom stereocenters. The number of hydrogen-bond acceptors (Lipinski definition) is 3. The van der Waals surface area contributed by atoms with Gasteiger partial charge in [0.25, 0.3) is 0 Å². The molecule has 0 aliphatic heterocycles. The van der Waals surface area contributed by atoms with Crippen molar-refractivity contribution < 1.29 is 9.90 Å². The second-order valence-corrected chi connectivity index (χ2v) is 7.90. The summed E-state index contributed by atoms with van der Waals surface area (Å²) in [6.45, 7) is 4.96. The maximum Gasteiger partial charge on any atom is 0.230 e. The summed E-state index contributed by atoms with van der Waals surface area (Å²) >= 11 is 1.61. The smallest absolute Gasteiger partial charge is 0.230 e. The van der Waals surface area contributed by atoms with Crippen molar-refractivity contribution in [2.24, 2.45) is 5.41 Å². The van der Waals surface area contributed by atoms with Crippen molar-refractivity contribution in [2.75, 3.05) is 18.9 Å². The molecule has 2 rings (SSSR count). The van der Waals surface area contributed by atoms with Gasteiger partial charge in [-0.3, -0.25) is 4.79 Å². The third-order valence-corrected chi connectivity index (χ3v) is 5.21. The van der Waals surface area contributed by atoms with Gasteiger partial charge in [0.2, 0.25) is 5.91 Å². The van der Waals surface area contributed by atoms with Gasteiger partial charge in [-0.25, -0.2) is 0 Å². The molecule has 0 saturated carbocycles. The van der Waals surface area contributed by atoms with Gasteiger partial charge in [0.15, 0.2) is 0 Å². The third kappa shape index (κ3) is 5.33. The molecular weight excluding hydrogens is 294 g/mol. The summed E-state index contributed by atoms with van der Waals surface area (Å²) in [6.07, 6.45) is 5.46. The largest absolute Gasteiger partial charge is 0.396 e. The zero-order chi connectivity index (χ0) is 16.0. The number of fused-ring (bicyclic) bond motifs is 1. The highest BCUT2D eigenvalue weighted by molar-refractivity contribution is 8.00. The average Bonchev–Trinajstić information content (AvgIpc) is 2.97. The highest BCUT2D eigenvalue weighted by Crippen LogP contribution is 2.27. The maximum absolute atomic E-state index is 11.9.